The van der Waals surface area contributed by atoms with E-state index < -0.39 is 22.2 Å². The van der Waals surface area contributed by atoms with Crippen molar-refractivity contribution in [2.75, 3.05) is 7.11 Å². The van der Waals surface area contributed by atoms with Gasteiger partial charge < -0.3 is 13.6 Å². The molecule has 3 fully saturated rings. The number of ether oxygens (including phenoxy) is 1. The molecule has 0 N–H and O–H groups in total. The van der Waals surface area contributed by atoms with Gasteiger partial charge in [0.15, 0.2) is 22.4 Å². The number of Topliss-reactive ketones (excluding diaryl/α,β-unsaturated/α-hetero) is 1. The van der Waals surface area contributed by atoms with Crippen LogP contribution in [0.2, 0.25) is 36.3 Å². The van der Waals surface area contributed by atoms with E-state index in [9.17, 15) is 4.79 Å². The van der Waals surface area contributed by atoms with E-state index in [4.69, 9.17) is 13.6 Å². The molecule has 0 aliphatic heterocycles. The molecule has 5 atom stereocenters. The Bertz CT molecular complexity index is 801. The van der Waals surface area contributed by atoms with Gasteiger partial charge >= 0.3 is 0 Å². The molecule has 3 rings (SSSR count). The van der Waals surface area contributed by atoms with E-state index in [0.717, 1.165) is 25.2 Å². The van der Waals surface area contributed by atoms with Gasteiger partial charge in [-0.25, -0.2) is 0 Å². The molecular weight excluding hydrogens is 480 g/mol. The first-order chi connectivity index (χ1) is 16.4. The van der Waals surface area contributed by atoms with E-state index >= 15 is 0 Å². The zero-order valence-electron chi connectivity index (χ0n) is 25.3. The highest BCUT2D eigenvalue weighted by Crippen LogP contribution is 2.53. The molecule has 0 radical (unpaired) electrons. The van der Waals surface area contributed by atoms with Crippen LogP contribution in [0.5, 0.6) is 0 Å². The van der Waals surface area contributed by atoms with Crippen molar-refractivity contribution in [2.45, 2.75) is 147 Å². The fourth-order valence-electron chi connectivity index (χ4n) is 6.06. The molecule has 0 unspecified atom stereocenters. The van der Waals surface area contributed by atoms with Crippen LogP contribution >= 0.6 is 0 Å². The lowest BCUT2D eigenvalue weighted by Crippen LogP contribution is -2.65. The van der Waals surface area contributed by atoms with Crippen LogP contribution in [0.15, 0.2) is 12.2 Å². The molecule has 208 valence electrons. The molecule has 0 heterocycles. The smallest absolute Gasteiger partial charge is 0.192 e. The number of carbonyl (C=O) groups is 1. The Labute approximate surface area is 224 Å². The summed E-state index contributed by atoms with van der Waals surface area (Å²) >= 11 is 0. The van der Waals surface area contributed by atoms with E-state index in [0.29, 0.717) is 6.42 Å². The summed E-state index contributed by atoms with van der Waals surface area (Å²) in [7, 11) is -2.13. The van der Waals surface area contributed by atoms with Crippen LogP contribution in [0.3, 0.4) is 0 Å². The monoisotopic (exact) mass is 536 g/mol. The molecule has 4 nitrogen and oxygen atoms in total. The topological polar surface area (TPSA) is 44.8 Å². The summed E-state index contributed by atoms with van der Waals surface area (Å²) in [4.78, 5) is 12.8. The minimum Gasteiger partial charge on any atom is -0.413 e. The number of rotatable bonds is 9. The Balaban J connectivity index is 1.89. The van der Waals surface area contributed by atoms with Crippen molar-refractivity contribution in [1.29, 1.82) is 0 Å². The van der Waals surface area contributed by atoms with E-state index in [1.165, 1.54) is 25.7 Å². The van der Waals surface area contributed by atoms with Crippen LogP contribution in [0.25, 0.3) is 0 Å². The number of hydrogen-bond acceptors (Lipinski definition) is 4. The summed E-state index contributed by atoms with van der Waals surface area (Å²) in [6.07, 6.45) is 13.8. The van der Waals surface area contributed by atoms with Crippen LogP contribution in [0.1, 0.15) is 92.9 Å². The van der Waals surface area contributed by atoms with Gasteiger partial charge in [-0.3, -0.25) is 4.79 Å². The second kappa shape index (κ2) is 10.7. The number of fused-ring (bicyclic) bond motifs is 1. The first kappa shape index (κ1) is 30.3. The Morgan fingerprint density at radius 2 is 1.56 bits per heavy atom. The zero-order chi connectivity index (χ0) is 27.2. The van der Waals surface area contributed by atoms with E-state index in [-0.39, 0.29) is 39.9 Å². The van der Waals surface area contributed by atoms with Crippen molar-refractivity contribution in [3.05, 3.63) is 12.2 Å². The molecule has 0 bridgehead atoms. The molecule has 0 saturated heterocycles. The summed E-state index contributed by atoms with van der Waals surface area (Å²) in [6, 6.07) is 0. The molecule has 0 spiro atoms. The normalized spacial score (nSPS) is 31.5. The van der Waals surface area contributed by atoms with Crippen molar-refractivity contribution >= 4 is 22.4 Å². The van der Waals surface area contributed by atoms with Crippen molar-refractivity contribution in [3.63, 3.8) is 0 Å². The van der Waals surface area contributed by atoms with Crippen LogP contribution in [-0.2, 0) is 18.4 Å². The van der Waals surface area contributed by atoms with Gasteiger partial charge in [-0.05, 0) is 61.4 Å². The summed E-state index contributed by atoms with van der Waals surface area (Å²) in [6.45, 7) is 23.3. The number of ketones is 1. The van der Waals surface area contributed by atoms with Crippen molar-refractivity contribution in [2.24, 2.45) is 17.8 Å². The van der Waals surface area contributed by atoms with Gasteiger partial charge in [0.25, 0.3) is 0 Å². The quantitative estimate of drug-likeness (QED) is 0.220. The average molecular weight is 537 g/mol. The summed E-state index contributed by atoms with van der Waals surface area (Å²) in [5, 5.41) is 0.335. The van der Waals surface area contributed by atoms with Gasteiger partial charge in [-0.15, -0.1) is 0 Å². The summed E-state index contributed by atoms with van der Waals surface area (Å²) in [5.41, 5.74) is -0.608. The minimum absolute atomic E-state index is 0.136. The fourth-order valence-corrected chi connectivity index (χ4v) is 8.73. The fraction of sp³-hybridized carbons (Fsp3) is 0.900. The van der Waals surface area contributed by atoms with Crippen LogP contribution in [0.4, 0.5) is 0 Å². The minimum atomic E-state index is -1.95. The van der Waals surface area contributed by atoms with Crippen molar-refractivity contribution < 1.29 is 18.4 Å². The maximum absolute atomic E-state index is 12.8. The second-order valence-corrected chi connectivity index (χ2v) is 24.6. The van der Waals surface area contributed by atoms with E-state index in [2.05, 4.69) is 79.9 Å². The maximum atomic E-state index is 12.8. The lowest BCUT2D eigenvalue weighted by Gasteiger charge is -2.56. The lowest BCUT2D eigenvalue weighted by molar-refractivity contribution is -0.190. The first-order valence-electron chi connectivity index (χ1n) is 14.6. The third-order valence-electron chi connectivity index (χ3n) is 10.6. The molecule has 0 aromatic heterocycles. The van der Waals surface area contributed by atoms with Gasteiger partial charge in [0.05, 0.1) is 12.2 Å². The molecule has 36 heavy (non-hydrogen) atoms. The Kier molecular flexibility index (Phi) is 9.00. The van der Waals surface area contributed by atoms with Gasteiger partial charge in [0, 0.05) is 25.4 Å². The molecule has 3 aliphatic rings. The highest BCUT2D eigenvalue weighted by atomic mass is 28.4. The van der Waals surface area contributed by atoms with Crippen LogP contribution in [-0.4, -0.2) is 47.3 Å². The third kappa shape index (κ3) is 6.13. The standard InChI is InChI=1S/C30H56O4Si2/c1-28(2,3)35(8,9)33-23(20-22-14-12-13-15-22)16-17-24-25-21-27(31)30(25,32-7)19-18-26(24)34-36(10,11)29(4,5)6/h16-17,22-26H,12-15,18-21H2,1-11H3/b17-16+/t23-,24-,25-,26-,30-/m0/s1. The summed E-state index contributed by atoms with van der Waals surface area (Å²) < 4.78 is 20.0. The predicted octanol–water partition coefficient (Wildman–Crippen LogP) is 8.29. The molecule has 0 amide bonds. The van der Waals surface area contributed by atoms with Gasteiger partial charge in [-0.1, -0.05) is 79.4 Å². The third-order valence-corrected chi connectivity index (χ3v) is 19.6. The molecule has 6 heteroatoms. The molecule has 0 aromatic rings. The Morgan fingerprint density at radius 3 is 2.06 bits per heavy atom. The van der Waals surface area contributed by atoms with Crippen molar-refractivity contribution in [1.82, 2.24) is 0 Å². The predicted molar refractivity (Wildman–Crippen MR) is 155 cm³/mol. The first-order valence-corrected chi connectivity index (χ1v) is 20.4. The van der Waals surface area contributed by atoms with E-state index in [1.807, 2.05) is 0 Å². The number of methoxy groups -OCH3 is 1. The Morgan fingerprint density at radius 1 is 0.972 bits per heavy atom. The van der Waals surface area contributed by atoms with Gasteiger partial charge in [0.2, 0.25) is 0 Å². The summed E-state index contributed by atoms with van der Waals surface area (Å²) in [5.74, 6) is 1.44. The SMILES string of the molecule is CO[C@@]12CC[C@H](O[Si](C)(C)C(C)(C)C)[C@@H](/C=C/[C@@H](CC3CCCC3)O[Si](C)(C)C(C)(C)C)[C@@H]1CC2=O. The molecule has 0 aromatic carbocycles. The molecular formula is C30H56O4Si2. The number of hydrogen-bond donors (Lipinski definition) is 0. The lowest BCUT2D eigenvalue weighted by atomic mass is 9.55. The Hall–Kier alpha value is -0.276. The second-order valence-electron chi connectivity index (χ2n) is 15.0. The molecule has 3 saturated carbocycles. The molecule has 3 aliphatic carbocycles. The highest BCUT2D eigenvalue weighted by molar-refractivity contribution is 6.74. The maximum Gasteiger partial charge on any atom is 0.192 e. The van der Waals surface area contributed by atoms with Crippen LogP contribution in [0, 0.1) is 17.8 Å². The van der Waals surface area contributed by atoms with E-state index in [1.54, 1.807) is 7.11 Å². The number of carbonyl (C=O) groups excluding carboxylic acids is 1. The average Bonchev–Trinajstić information content (AvgIpc) is 3.23. The zero-order valence-corrected chi connectivity index (χ0v) is 27.3. The largest absolute Gasteiger partial charge is 0.413 e. The highest BCUT2D eigenvalue weighted by Gasteiger charge is 2.62. The van der Waals surface area contributed by atoms with Gasteiger partial charge in [0.1, 0.15) is 5.60 Å². The van der Waals surface area contributed by atoms with Gasteiger partial charge in [-0.2, -0.15) is 0 Å². The van der Waals surface area contributed by atoms with Crippen molar-refractivity contribution in [3.8, 4) is 0 Å². The van der Waals surface area contributed by atoms with Crippen LogP contribution < -0.4 is 0 Å².